The first kappa shape index (κ1) is 18.9. The second-order valence-corrected chi connectivity index (χ2v) is 6.92. The molecule has 0 aliphatic carbocycles. The fourth-order valence-corrected chi connectivity index (χ4v) is 3.26. The molecular weight excluding hydrogens is 366 g/mol. The van der Waals surface area contributed by atoms with Crippen LogP contribution in [-0.2, 0) is 4.79 Å². The first-order chi connectivity index (χ1) is 14.2. The first-order valence-corrected chi connectivity index (χ1v) is 9.60. The van der Waals surface area contributed by atoms with Crippen LogP contribution >= 0.6 is 0 Å². The number of carbonyl (C=O) groups is 1. The Kier molecular flexibility index (Phi) is 5.66. The lowest BCUT2D eigenvalue weighted by molar-refractivity contribution is -0.133. The van der Waals surface area contributed by atoms with Gasteiger partial charge in [-0.1, -0.05) is 60.7 Å². The second-order valence-electron chi connectivity index (χ2n) is 6.92. The van der Waals surface area contributed by atoms with Gasteiger partial charge in [0.05, 0.1) is 6.54 Å². The largest absolute Gasteiger partial charge is 0.486 e. The van der Waals surface area contributed by atoms with E-state index in [9.17, 15) is 4.79 Å². The second kappa shape index (κ2) is 8.69. The molecule has 0 bridgehead atoms. The average Bonchev–Trinajstić information content (AvgIpc) is 2.78. The van der Waals surface area contributed by atoms with Crippen LogP contribution in [-0.4, -0.2) is 43.7 Å². The van der Waals surface area contributed by atoms with Gasteiger partial charge in [-0.3, -0.25) is 4.79 Å². The average molecular weight is 389 g/mol. The molecule has 5 nitrogen and oxygen atoms in total. The van der Waals surface area contributed by atoms with Gasteiger partial charge in [0, 0.05) is 12.6 Å². The Morgan fingerprint density at radius 2 is 1.66 bits per heavy atom. The van der Waals surface area contributed by atoms with Gasteiger partial charge in [-0.2, -0.15) is 0 Å². The summed E-state index contributed by atoms with van der Waals surface area (Å²) in [5, 5.41) is 0. The molecule has 3 aromatic carbocycles. The highest BCUT2D eigenvalue weighted by atomic mass is 16.6. The van der Waals surface area contributed by atoms with Crippen molar-refractivity contribution in [3.63, 3.8) is 0 Å². The third-order valence-corrected chi connectivity index (χ3v) is 4.79. The maximum atomic E-state index is 12.6. The number of amides is 1. The molecule has 5 heteroatoms. The Morgan fingerprint density at radius 1 is 0.966 bits per heavy atom. The summed E-state index contributed by atoms with van der Waals surface area (Å²) in [6.07, 6.45) is -0.213. The standard InChI is InChI=1S/C24H23NO4/c1-25(15-19-16-27-22-13-7-8-14-23(22)29-19)24(26)17-28-21-12-6-5-11-20(21)18-9-3-2-4-10-18/h2-14,19H,15-17H2,1H3. The number of nitrogens with zero attached hydrogens (tertiary/aromatic N) is 1. The highest BCUT2D eigenvalue weighted by molar-refractivity contribution is 5.78. The molecule has 29 heavy (non-hydrogen) atoms. The Bertz CT molecular complexity index is 973. The minimum atomic E-state index is -0.213. The summed E-state index contributed by atoms with van der Waals surface area (Å²) in [6.45, 7) is 0.799. The number of para-hydroxylation sites is 3. The SMILES string of the molecule is CN(CC1COc2ccccc2O1)C(=O)COc1ccccc1-c1ccccc1. The van der Waals surface area contributed by atoms with E-state index in [2.05, 4.69) is 0 Å². The van der Waals surface area contributed by atoms with Crippen LogP contribution in [0.5, 0.6) is 17.2 Å². The Morgan fingerprint density at radius 3 is 2.48 bits per heavy atom. The van der Waals surface area contributed by atoms with E-state index >= 15 is 0 Å². The molecule has 0 saturated carbocycles. The van der Waals surface area contributed by atoms with Crippen LogP contribution in [0.3, 0.4) is 0 Å². The predicted molar refractivity (Wildman–Crippen MR) is 111 cm³/mol. The quantitative estimate of drug-likeness (QED) is 0.639. The number of likely N-dealkylation sites (N-methyl/N-ethyl adjacent to an activating group) is 1. The van der Waals surface area contributed by atoms with Gasteiger partial charge in [0.2, 0.25) is 0 Å². The van der Waals surface area contributed by atoms with Crippen LogP contribution in [0.1, 0.15) is 0 Å². The lowest BCUT2D eigenvalue weighted by Crippen LogP contribution is -2.43. The number of carbonyl (C=O) groups excluding carboxylic acids is 1. The molecule has 0 saturated heterocycles. The van der Waals surface area contributed by atoms with Gasteiger partial charge in [0.25, 0.3) is 5.91 Å². The number of rotatable bonds is 6. The number of hydrogen-bond acceptors (Lipinski definition) is 4. The summed E-state index contributed by atoms with van der Waals surface area (Å²) < 4.78 is 17.5. The normalized spacial score (nSPS) is 14.9. The summed E-state index contributed by atoms with van der Waals surface area (Å²) in [6, 6.07) is 25.3. The van der Waals surface area contributed by atoms with E-state index in [0.29, 0.717) is 24.7 Å². The van der Waals surface area contributed by atoms with Gasteiger partial charge in [0.15, 0.2) is 24.2 Å². The highest BCUT2D eigenvalue weighted by Gasteiger charge is 2.24. The van der Waals surface area contributed by atoms with Crippen molar-refractivity contribution in [1.82, 2.24) is 4.90 Å². The molecule has 0 N–H and O–H groups in total. The Balaban J connectivity index is 1.35. The third kappa shape index (κ3) is 4.51. The van der Waals surface area contributed by atoms with E-state index in [1.807, 2.05) is 78.9 Å². The summed E-state index contributed by atoms with van der Waals surface area (Å²) >= 11 is 0. The van der Waals surface area contributed by atoms with Gasteiger partial charge in [-0.15, -0.1) is 0 Å². The van der Waals surface area contributed by atoms with Crippen molar-refractivity contribution in [1.29, 1.82) is 0 Å². The molecule has 0 spiro atoms. The van der Waals surface area contributed by atoms with Crippen LogP contribution in [0.2, 0.25) is 0 Å². The van der Waals surface area contributed by atoms with Crippen molar-refractivity contribution >= 4 is 5.91 Å². The lowest BCUT2D eigenvalue weighted by atomic mass is 10.1. The van der Waals surface area contributed by atoms with E-state index in [1.165, 1.54) is 0 Å². The van der Waals surface area contributed by atoms with E-state index in [0.717, 1.165) is 16.9 Å². The molecule has 1 aliphatic heterocycles. The van der Waals surface area contributed by atoms with E-state index in [1.54, 1.807) is 11.9 Å². The van der Waals surface area contributed by atoms with E-state index in [-0.39, 0.29) is 18.6 Å². The van der Waals surface area contributed by atoms with Crippen molar-refractivity contribution in [3.8, 4) is 28.4 Å². The number of hydrogen-bond donors (Lipinski definition) is 0. The molecule has 1 atom stereocenters. The molecular formula is C24H23NO4. The molecule has 0 radical (unpaired) electrons. The molecule has 1 heterocycles. The van der Waals surface area contributed by atoms with E-state index < -0.39 is 0 Å². The number of fused-ring (bicyclic) bond motifs is 1. The summed E-state index contributed by atoms with van der Waals surface area (Å²) in [5.41, 5.74) is 2.01. The van der Waals surface area contributed by atoms with Gasteiger partial charge in [-0.25, -0.2) is 0 Å². The van der Waals surface area contributed by atoms with Crippen molar-refractivity contribution < 1.29 is 19.0 Å². The van der Waals surface area contributed by atoms with Gasteiger partial charge >= 0.3 is 0 Å². The molecule has 1 aliphatic rings. The fraction of sp³-hybridized carbons (Fsp3) is 0.208. The van der Waals surface area contributed by atoms with Gasteiger partial charge in [-0.05, 0) is 23.8 Å². The van der Waals surface area contributed by atoms with Gasteiger partial charge in [0.1, 0.15) is 12.4 Å². The van der Waals surface area contributed by atoms with Crippen molar-refractivity contribution in [2.75, 3.05) is 26.8 Å². The van der Waals surface area contributed by atoms with Crippen LogP contribution < -0.4 is 14.2 Å². The van der Waals surface area contributed by atoms with Crippen LogP contribution in [0, 0.1) is 0 Å². The zero-order chi connectivity index (χ0) is 20.1. The summed E-state index contributed by atoms with van der Waals surface area (Å²) in [4.78, 5) is 14.2. The van der Waals surface area contributed by atoms with Crippen LogP contribution in [0.15, 0.2) is 78.9 Å². The van der Waals surface area contributed by atoms with Crippen molar-refractivity contribution in [2.24, 2.45) is 0 Å². The minimum absolute atomic E-state index is 0.0372. The Labute approximate surface area is 170 Å². The third-order valence-electron chi connectivity index (χ3n) is 4.79. The van der Waals surface area contributed by atoms with Crippen molar-refractivity contribution in [2.45, 2.75) is 6.10 Å². The molecule has 1 amide bonds. The molecule has 148 valence electrons. The zero-order valence-electron chi connectivity index (χ0n) is 16.3. The smallest absolute Gasteiger partial charge is 0.260 e. The molecule has 0 aromatic heterocycles. The van der Waals surface area contributed by atoms with E-state index in [4.69, 9.17) is 14.2 Å². The number of ether oxygens (including phenoxy) is 3. The fourth-order valence-electron chi connectivity index (χ4n) is 3.26. The number of benzene rings is 3. The lowest BCUT2D eigenvalue weighted by Gasteiger charge is -2.29. The molecule has 3 aromatic rings. The summed E-state index contributed by atoms with van der Waals surface area (Å²) in [5.74, 6) is 2.01. The molecule has 1 unspecified atom stereocenters. The van der Waals surface area contributed by atoms with Gasteiger partial charge < -0.3 is 19.1 Å². The van der Waals surface area contributed by atoms with Crippen molar-refractivity contribution in [3.05, 3.63) is 78.9 Å². The predicted octanol–water partition coefficient (Wildman–Crippen LogP) is 4.03. The maximum absolute atomic E-state index is 12.6. The first-order valence-electron chi connectivity index (χ1n) is 9.60. The zero-order valence-corrected chi connectivity index (χ0v) is 16.3. The highest BCUT2D eigenvalue weighted by Crippen LogP contribution is 2.31. The summed E-state index contributed by atoms with van der Waals surface area (Å²) in [7, 11) is 1.75. The molecule has 4 rings (SSSR count). The van der Waals surface area contributed by atoms with Crippen LogP contribution in [0.4, 0.5) is 0 Å². The monoisotopic (exact) mass is 389 g/mol. The minimum Gasteiger partial charge on any atom is -0.486 e. The topological polar surface area (TPSA) is 48.0 Å². The molecule has 0 fully saturated rings. The van der Waals surface area contributed by atoms with Crippen LogP contribution in [0.25, 0.3) is 11.1 Å². The Hall–Kier alpha value is -3.47. The maximum Gasteiger partial charge on any atom is 0.260 e.